The van der Waals surface area contributed by atoms with Crippen molar-refractivity contribution >= 4 is 30.0 Å². The molecule has 2 N–H and O–H groups in total. The maximum Gasteiger partial charge on any atom is 0.327 e. The molecular weight excluding hydrogens is 244 g/mol. The van der Waals surface area contributed by atoms with Gasteiger partial charge >= 0.3 is 5.97 Å². The van der Waals surface area contributed by atoms with Crippen LogP contribution in [0.15, 0.2) is 0 Å². The number of amides is 2. The largest absolute Gasteiger partial charge is 0.480 e. The first-order chi connectivity index (χ1) is 7.99. The molecule has 0 aliphatic carbocycles. The van der Waals surface area contributed by atoms with Crippen LogP contribution < -0.4 is 5.32 Å². The lowest BCUT2D eigenvalue weighted by molar-refractivity contribution is -0.139. The van der Waals surface area contributed by atoms with Gasteiger partial charge in [-0.15, -0.1) is 0 Å². The molecule has 0 aromatic carbocycles. The average molecular weight is 262 g/mol. The summed E-state index contributed by atoms with van der Waals surface area (Å²) in [6, 6.07) is -0.859. The number of hydrogen-bond donors (Lipinski definition) is 2. The third-order valence-corrected chi connectivity index (χ3v) is 3.18. The molecule has 0 radical (unpaired) electrons. The molecule has 0 fully saturated rings. The van der Waals surface area contributed by atoms with Crippen molar-refractivity contribution in [1.29, 1.82) is 0 Å². The second-order valence-electron chi connectivity index (χ2n) is 3.64. The molecule has 1 atom stereocenters. The van der Waals surface area contributed by atoms with Crippen molar-refractivity contribution in [2.75, 3.05) is 25.6 Å². The Morgan fingerprint density at radius 1 is 1.47 bits per heavy atom. The van der Waals surface area contributed by atoms with Crippen LogP contribution in [0.25, 0.3) is 0 Å². The quantitative estimate of drug-likeness (QED) is 0.443. The van der Waals surface area contributed by atoms with Crippen LogP contribution in [0, 0.1) is 0 Å². The van der Waals surface area contributed by atoms with E-state index in [1.165, 1.54) is 16.7 Å². The van der Waals surface area contributed by atoms with Crippen molar-refractivity contribution < 1.29 is 19.5 Å². The van der Waals surface area contributed by atoms with Crippen LogP contribution in [0.2, 0.25) is 0 Å². The number of nitrogens with zero attached hydrogens (tertiary/aromatic N) is 1. The molecule has 0 bridgehead atoms. The second-order valence-corrected chi connectivity index (χ2v) is 4.79. The molecule has 0 saturated carbocycles. The highest BCUT2D eigenvalue weighted by molar-refractivity contribution is 7.99. The number of carbonyl (C=O) groups is 3. The molecule has 6 nitrogen and oxygen atoms in total. The van der Waals surface area contributed by atoms with Crippen LogP contribution >= 0.6 is 11.8 Å². The van der Waals surface area contributed by atoms with Crippen molar-refractivity contribution in [1.82, 2.24) is 10.2 Å². The second kappa shape index (κ2) is 8.86. The Hall–Kier alpha value is -1.24. The lowest BCUT2D eigenvalue weighted by atomic mass is 10.3. The standard InChI is InChI=1S/C10H18N2O4S/c1-12(2)9(14)4-3-5-17-6-8(10(15)16)11-7-13/h7-8H,3-6H2,1-2H3,(H,11,13)(H,15,16). The molecule has 0 heterocycles. The van der Waals surface area contributed by atoms with E-state index < -0.39 is 12.0 Å². The van der Waals surface area contributed by atoms with E-state index in [2.05, 4.69) is 5.32 Å². The number of thioether (sulfide) groups is 1. The topological polar surface area (TPSA) is 86.7 Å². The van der Waals surface area contributed by atoms with E-state index in [0.29, 0.717) is 30.8 Å². The monoisotopic (exact) mass is 262 g/mol. The van der Waals surface area contributed by atoms with Crippen LogP contribution in [-0.4, -0.2) is 59.9 Å². The number of aliphatic carboxylic acids is 1. The summed E-state index contributed by atoms with van der Waals surface area (Å²) in [5, 5.41) is 11.0. The van der Waals surface area contributed by atoms with Gasteiger partial charge in [-0.3, -0.25) is 9.59 Å². The first-order valence-corrected chi connectivity index (χ1v) is 6.35. The highest BCUT2D eigenvalue weighted by Crippen LogP contribution is 2.07. The maximum absolute atomic E-state index is 11.2. The smallest absolute Gasteiger partial charge is 0.327 e. The molecule has 0 spiro atoms. The van der Waals surface area contributed by atoms with Crippen LogP contribution in [0.3, 0.4) is 0 Å². The third kappa shape index (κ3) is 7.62. The number of carboxylic acids is 1. The SMILES string of the molecule is CN(C)C(=O)CCCSCC(NC=O)C(=O)O. The van der Waals surface area contributed by atoms with E-state index in [-0.39, 0.29) is 5.91 Å². The van der Waals surface area contributed by atoms with E-state index in [9.17, 15) is 14.4 Å². The van der Waals surface area contributed by atoms with E-state index in [1.54, 1.807) is 14.1 Å². The lowest BCUT2D eigenvalue weighted by Crippen LogP contribution is -2.37. The summed E-state index contributed by atoms with van der Waals surface area (Å²) < 4.78 is 0. The zero-order valence-electron chi connectivity index (χ0n) is 10.0. The number of nitrogens with one attached hydrogen (secondary N) is 1. The minimum Gasteiger partial charge on any atom is -0.480 e. The molecule has 0 aromatic rings. The Labute approximate surface area is 105 Å². The van der Waals surface area contributed by atoms with Crippen molar-refractivity contribution in [2.24, 2.45) is 0 Å². The Morgan fingerprint density at radius 3 is 2.59 bits per heavy atom. The van der Waals surface area contributed by atoms with Gasteiger partial charge in [0.1, 0.15) is 6.04 Å². The predicted molar refractivity (Wildman–Crippen MR) is 65.9 cm³/mol. The number of carbonyl (C=O) groups excluding carboxylic acids is 2. The summed E-state index contributed by atoms with van der Waals surface area (Å²) in [5.41, 5.74) is 0. The predicted octanol–water partition coefficient (Wildman–Crippen LogP) is -0.213. The van der Waals surface area contributed by atoms with Gasteiger partial charge in [0.25, 0.3) is 0 Å². The van der Waals surface area contributed by atoms with E-state index in [1.807, 2.05) is 0 Å². The van der Waals surface area contributed by atoms with Crippen LogP contribution in [0.5, 0.6) is 0 Å². The number of rotatable bonds is 9. The summed E-state index contributed by atoms with van der Waals surface area (Å²) in [7, 11) is 3.40. The fraction of sp³-hybridized carbons (Fsp3) is 0.700. The Balaban J connectivity index is 3.65. The molecule has 2 amide bonds. The molecule has 0 saturated heterocycles. The Morgan fingerprint density at radius 2 is 2.12 bits per heavy atom. The first kappa shape index (κ1) is 15.8. The van der Waals surface area contributed by atoms with Gasteiger partial charge in [0.05, 0.1) is 0 Å². The zero-order valence-corrected chi connectivity index (χ0v) is 10.8. The van der Waals surface area contributed by atoms with Crippen molar-refractivity contribution in [2.45, 2.75) is 18.9 Å². The summed E-state index contributed by atoms with van der Waals surface area (Å²) in [6.07, 6.45) is 1.54. The summed E-state index contributed by atoms with van der Waals surface area (Å²) in [5.74, 6) is 0.0223. The van der Waals surface area contributed by atoms with Crippen LogP contribution in [0.4, 0.5) is 0 Å². The fourth-order valence-electron chi connectivity index (χ4n) is 1.02. The molecule has 0 aromatic heterocycles. The highest BCUT2D eigenvalue weighted by atomic mass is 32.2. The van der Waals surface area contributed by atoms with Gasteiger partial charge in [-0.2, -0.15) is 11.8 Å². The molecule has 1 unspecified atom stereocenters. The lowest BCUT2D eigenvalue weighted by Gasteiger charge is -2.11. The number of carboxylic acid groups (broad SMARTS) is 1. The van der Waals surface area contributed by atoms with E-state index in [0.717, 1.165) is 0 Å². The molecule has 17 heavy (non-hydrogen) atoms. The van der Waals surface area contributed by atoms with Gasteiger partial charge < -0.3 is 15.3 Å². The highest BCUT2D eigenvalue weighted by Gasteiger charge is 2.15. The van der Waals surface area contributed by atoms with Gasteiger partial charge in [0.2, 0.25) is 12.3 Å². The minimum absolute atomic E-state index is 0.0615. The van der Waals surface area contributed by atoms with Crippen molar-refractivity contribution in [3.63, 3.8) is 0 Å². The molecular formula is C10H18N2O4S. The number of hydrogen-bond acceptors (Lipinski definition) is 4. The molecule has 7 heteroatoms. The van der Waals surface area contributed by atoms with Gasteiger partial charge in [0, 0.05) is 26.3 Å². The maximum atomic E-state index is 11.2. The first-order valence-electron chi connectivity index (χ1n) is 5.19. The molecule has 0 rings (SSSR count). The van der Waals surface area contributed by atoms with Gasteiger partial charge in [0.15, 0.2) is 0 Å². The van der Waals surface area contributed by atoms with Gasteiger partial charge in [-0.05, 0) is 12.2 Å². The van der Waals surface area contributed by atoms with Gasteiger partial charge in [-0.25, -0.2) is 4.79 Å². The Bertz CT molecular complexity index is 271. The van der Waals surface area contributed by atoms with E-state index in [4.69, 9.17) is 5.11 Å². The minimum atomic E-state index is -1.05. The van der Waals surface area contributed by atoms with Crippen LogP contribution in [-0.2, 0) is 14.4 Å². The Kier molecular flexibility index (Phi) is 8.21. The zero-order chi connectivity index (χ0) is 13.3. The summed E-state index contributed by atoms with van der Waals surface area (Å²) in [4.78, 5) is 33.5. The molecule has 0 aliphatic rings. The van der Waals surface area contributed by atoms with Gasteiger partial charge in [-0.1, -0.05) is 0 Å². The van der Waals surface area contributed by atoms with E-state index >= 15 is 0 Å². The third-order valence-electron chi connectivity index (χ3n) is 2.03. The average Bonchev–Trinajstić information content (AvgIpc) is 2.26. The van der Waals surface area contributed by atoms with Crippen LogP contribution in [0.1, 0.15) is 12.8 Å². The molecule has 0 aliphatic heterocycles. The van der Waals surface area contributed by atoms with Crippen molar-refractivity contribution in [3.8, 4) is 0 Å². The summed E-state index contributed by atoms with van der Waals surface area (Å²) >= 11 is 1.41. The molecule has 98 valence electrons. The summed E-state index contributed by atoms with van der Waals surface area (Å²) in [6.45, 7) is 0. The fourth-order valence-corrected chi connectivity index (χ4v) is 2.01. The normalized spacial score (nSPS) is 11.6. The van der Waals surface area contributed by atoms with Crippen molar-refractivity contribution in [3.05, 3.63) is 0 Å².